The minimum atomic E-state index is -1.21. The van der Waals surface area contributed by atoms with Gasteiger partial charge in [0, 0.05) is 37.9 Å². The Morgan fingerprint density at radius 3 is 2.04 bits per heavy atom. The second-order valence-corrected chi connectivity index (χ2v) is 12.6. The molecule has 2 aromatic rings. The first-order valence-corrected chi connectivity index (χ1v) is 16.9. The summed E-state index contributed by atoms with van der Waals surface area (Å²) in [7, 11) is 0. The smallest absolute Gasteiger partial charge is 0.243 e. The molecule has 2 aromatic carbocycles. The molecule has 0 spiro atoms. The molecule has 0 radical (unpaired) electrons. The molecule has 1 heterocycles. The van der Waals surface area contributed by atoms with Crippen LogP contribution in [0.4, 0.5) is 0 Å². The average molecular weight is 684 g/mol. The summed E-state index contributed by atoms with van der Waals surface area (Å²) in [6.45, 7) is 1.34. The van der Waals surface area contributed by atoms with Gasteiger partial charge in [0.15, 0.2) is 0 Å². The lowest BCUT2D eigenvalue weighted by Gasteiger charge is -2.26. The van der Waals surface area contributed by atoms with Crippen LogP contribution >= 0.6 is 0 Å². The largest absolute Gasteiger partial charge is 0.508 e. The molecule has 5 atom stereocenters. The van der Waals surface area contributed by atoms with Crippen LogP contribution in [0.25, 0.3) is 11.1 Å². The first-order chi connectivity index (χ1) is 23.4. The average Bonchev–Trinajstić information content (AvgIpc) is 3.08. The van der Waals surface area contributed by atoms with E-state index < -0.39 is 41.9 Å². The summed E-state index contributed by atoms with van der Waals surface area (Å²) >= 11 is 0. The Labute approximate surface area is 287 Å². The number of fused-ring (bicyclic) bond motifs is 5. The maximum atomic E-state index is 13.9. The molecular weight excluding hydrogens is 630 g/mol. The zero-order valence-electron chi connectivity index (χ0n) is 28.0. The highest BCUT2D eigenvalue weighted by atomic mass is 16.3. The lowest BCUT2D eigenvalue weighted by molar-refractivity contribution is -0.133. The summed E-state index contributed by atoms with van der Waals surface area (Å²) in [5.74, 6) is -2.31. The molecular formula is C34H53N9O6. The number of benzene rings is 2. The zero-order valence-corrected chi connectivity index (χ0v) is 28.0. The van der Waals surface area contributed by atoms with Crippen molar-refractivity contribution in [1.29, 1.82) is 0 Å². The highest BCUT2D eigenvalue weighted by Gasteiger charge is 2.31. The molecule has 0 aliphatic carbocycles. The fourth-order valence-electron chi connectivity index (χ4n) is 5.67. The van der Waals surface area contributed by atoms with Gasteiger partial charge >= 0.3 is 0 Å². The molecule has 1 aliphatic rings. The van der Waals surface area contributed by atoms with E-state index in [9.17, 15) is 29.4 Å². The highest BCUT2D eigenvalue weighted by Crippen LogP contribution is 2.31. The van der Waals surface area contributed by atoms with Crippen molar-refractivity contribution < 1.29 is 29.4 Å². The third-order valence-corrected chi connectivity index (χ3v) is 8.53. The van der Waals surface area contributed by atoms with Gasteiger partial charge in [-0.2, -0.15) is 0 Å². The predicted molar refractivity (Wildman–Crippen MR) is 187 cm³/mol. The topological polar surface area (TPSA) is 287 Å². The molecule has 4 bridgehead atoms. The van der Waals surface area contributed by atoms with Crippen LogP contribution < -0.4 is 49.9 Å². The lowest BCUT2D eigenvalue weighted by Crippen LogP contribution is -2.57. The van der Waals surface area contributed by atoms with E-state index in [1.54, 1.807) is 24.3 Å². The van der Waals surface area contributed by atoms with Crippen molar-refractivity contribution in [3.63, 3.8) is 0 Å². The van der Waals surface area contributed by atoms with Crippen LogP contribution in [0.3, 0.4) is 0 Å². The lowest BCUT2D eigenvalue weighted by atomic mass is 9.95. The number of carbonyl (C=O) groups is 4. The number of hydrogen-bond acceptors (Lipinski definition) is 11. The molecule has 15 nitrogen and oxygen atoms in total. The minimum absolute atomic E-state index is 0.00981. The molecule has 1 aliphatic heterocycles. The fraction of sp³-hybridized carbons (Fsp3) is 0.529. The Balaban J connectivity index is 1.95. The summed E-state index contributed by atoms with van der Waals surface area (Å²) in [6, 6.07) is 5.48. The van der Waals surface area contributed by atoms with Gasteiger partial charge in [-0.15, -0.1) is 0 Å². The molecule has 0 aromatic heterocycles. The number of phenolic OH excluding ortho intramolecular Hbond substituents is 2. The van der Waals surface area contributed by atoms with Crippen LogP contribution in [0.1, 0.15) is 56.1 Å². The van der Waals surface area contributed by atoms with Gasteiger partial charge in [-0.1, -0.05) is 12.1 Å². The van der Waals surface area contributed by atoms with E-state index in [1.807, 2.05) is 0 Å². The predicted octanol–water partition coefficient (Wildman–Crippen LogP) is -1.30. The molecule has 0 fully saturated rings. The number of nitrogens with one attached hydrogen (secondary N) is 4. The van der Waals surface area contributed by atoms with Gasteiger partial charge in [0.2, 0.25) is 23.6 Å². The second-order valence-electron chi connectivity index (χ2n) is 12.6. The summed E-state index contributed by atoms with van der Waals surface area (Å²) in [4.78, 5) is 53.7. The molecule has 0 saturated heterocycles. The van der Waals surface area contributed by atoms with E-state index in [0.29, 0.717) is 61.0 Å². The van der Waals surface area contributed by atoms with Crippen LogP contribution in [0.5, 0.6) is 11.5 Å². The van der Waals surface area contributed by atoms with Crippen molar-refractivity contribution in [2.45, 2.75) is 88.0 Å². The first-order valence-electron chi connectivity index (χ1n) is 16.9. The second kappa shape index (κ2) is 19.7. The van der Waals surface area contributed by atoms with Crippen molar-refractivity contribution in [3.05, 3.63) is 47.5 Å². The van der Waals surface area contributed by atoms with Crippen LogP contribution in [0.15, 0.2) is 36.4 Å². The van der Waals surface area contributed by atoms with Crippen molar-refractivity contribution >= 4 is 23.6 Å². The van der Waals surface area contributed by atoms with E-state index in [1.165, 1.54) is 12.1 Å². The number of aromatic hydroxyl groups is 2. The molecule has 0 saturated carbocycles. The highest BCUT2D eigenvalue weighted by molar-refractivity contribution is 5.93. The third-order valence-electron chi connectivity index (χ3n) is 8.53. The molecule has 3 rings (SSSR count). The van der Waals surface area contributed by atoms with Crippen molar-refractivity contribution in [2.24, 2.45) is 28.7 Å². The standard InChI is InChI=1S/C34H53N9O6/c35-11-1-4-24(38)19-40-31(46)18-25(5-2-12-36)41-34(49)28-17-23-15-21(8-10-30(23)45)20-7-9-29(44)22(14-20)16-26(39)32(47)42-27(6-3-13-37)33(48)43-28/h7-10,14-15,24-28,44-45H,1-6,11-13,16-19,35-39H2,(H,40,46)(H,41,49)(H,42,47)(H,43,48)/t24-,25-,26-,27-,28-/m0/s1. The number of nitrogens with two attached hydrogens (primary N) is 5. The summed E-state index contributed by atoms with van der Waals surface area (Å²) in [5, 5.41) is 32.5. The maximum Gasteiger partial charge on any atom is 0.243 e. The molecule has 15 heteroatoms. The van der Waals surface area contributed by atoms with Crippen LogP contribution in [0, 0.1) is 0 Å². The van der Waals surface area contributed by atoms with E-state index in [0.717, 1.165) is 6.42 Å². The summed E-state index contributed by atoms with van der Waals surface area (Å²) in [5.41, 5.74) is 31.4. The Morgan fingerprint density at radius 2 is 1.43 bits per heavy atom. The maximum absolute atomic E-state index is 13.9. The summed E-state index contributed by atoms with van der Waals surface area (Å²) in [6.07, 6.45) is 2.69. The molecule has 0 unspecified atom stereocenters. The van der Waals surface area contributed by atoms with Gasteiger partial charge in [-0.25, -0.2) is 0 Å². The van der Waals surface area contributed by atoms with E-state index in [4.69, 9.17) is 28.7 Å². The number of phenols is 2. The van der Waals surface area contributed by atoms with Gasteiger partial charge in [0.25, 0.3) is 0 Å². The number of amides is 4. The monoisotopic (exact) mass is 683 g/mol. The molecule has 270 valence electrons. The Morgan fingerprint density at radius 1 is 0.837 bits per heavy atom. The molecule has 49 heavy (non-hydrogen) atoms. The molecule has 4 amide bonds. The normalized spacial score (nSPS) is 19.4. The van der Waals surface area contributed by atoms with E-state index >= 15 is 0 Å². The molecule has 16 N–H and O–H groups in total. The van der Waals surface area contributed by atoms with Gasteiger partial charge in [0.05, 0.1) is 6.04 Å². The van der Waals surface area contributed by atoms with Gasteiger partial charge in [-0.3, -0.25) is 19.2 Å². The number of hydrogen-bond donors (Lipinski definition) is 11. The van der Waals surface area contributed by atoms with Crippen molar-refractivity contribution in [3.8, 4) is 22.6 Å². The summed E-state index contributed by atoms with van der Waals surface area (Å²) < 4.78 is 0. The zero-order chi connectivity index (χ0) is 35.9. The van der Waals surface area contributed by atoms with Crippen LogP contribution in [-0.2, 0) is 32.0 Å². The quantitative estimate of drug-likeness (QED) is 0.105. The van der Waals surface area contributed by atoms with Gasteiger partial charge < -0.3 is 60.1 Å². The Hall–Kier alpha value is -4.28. The SMILES string of the molecule is NCCC[C@H](N)CNC(=O)C[C@H](CCCN)NC(=O)[C@@H]1Cc2cc(ccc2O)-c2ccc(O)c(c2)C[C@H](N)C(=O)N[C@@H](CCCN)C(=O)N1. The minimum Gasteiger partial charge on any atom is -0.508 e. The number of rotatable bonds is 15. The van der Waals surface area contributed by atoms with Gasteiger partial charge in [-0.05, 0) is 105 Å². The Bertz CT molecular complexity index is 1420. The third kappa shape index (κ3) is 12.3. The fourth-order valence-corrected chi connectivity index (χ4v) is 5.67. The van der Waals surface area contributed by atoms with Crippen molar-refractivity contribution in [2.75, 3.05) is 26.2 Å². The Kier molecular flexibility index (Phi) is 15.7. The van der Waals surface area contributed by atoms with E-state index in [2.05, 4.69) is 21.3 Å². The van der Waals surface area contributed by atoms with Crippen LogP contribution in [0.2, 0.25) is 0 Å². The van der Waals surface area contributed by atoms with Gasteiger partial charge in [0.1, 0.15) is 23.6 Å². The first kappa shape index (κ1) is 39.2. The van der Waals surface area contributed by atoms with Crippen molar-refractivity contribution in [1.82, 2.24) is 21.3 Å². The number of carbonyl (C=O) groups excluding carboxylic acids is 4. The van der Waals surface area contributed by atoms with Crippen LogP contribution in [-0.4, -0.2) is 90.2 Å². The van der Waals surface area contributed by atoms with E-state index in [-0.39, 0.29) is 62.2 Å².